The molecule has 0 aromatic heterocycles. The van der Waals surface area contributed by atoms with Gasteiger partial charge in [-0.3, -0.25) is 4.79 Å². The molecule has 1 amide bonds. The van der Waals surface area contributed by atoms with Crippen LogP contribution in [0.5, 0.6) is 5.75 Å². The van der Waals surface area contributed by atoms with Crippen molar-refractivity contribution in [2.24, 2.45) is 0 Å². The van der Waals surface area contributed by atoms with Gasteiger partial charge in [-0.15, -0.1) is 0 Å². The van der Waals surface area contributed by atoms with Crippen molar-refractivity contribution in [3.63, 3.8) is 0 Å². The fraction of sp³-hybridized carbons (Fsp3) is 0.350. The molecule has 3 rings (SSSR count). The number of nitrogens with one attached hydrogen (secondary N) is 1. The molecule has 1 aliphatic heterocycles. The van der Waals surface area contributed by atoms with Gasteiger partial charge >= 0.3 is 0 Å². The molecule has 27 heavy (non-hydrogen) atoms. The summed E-state index contributed by atoms with van der Waals surface area (Å²) < 4.78 is 0. The van der Waals surface area contributed by atoms with Gasteiger partial charge < -0.3 is 19.8 Å². The average Bonchev–Trinajstić information content (AvgIpc) is 2.65. The number of phenolic OH excluding ortho intramolecular Hbond substituents is 1. The predicted octanol–water partition coefficient (Wildman–Crippen LogP) is 2.06. The SMILES string of the molecule is C[NH+](CC(=O)N1CCN(c2ccc(O)cc2)CC1)Cc1ccc(Cl)c(Cl)c1. The lowest BCUT2D eigenvalue weighted by atomic mass is 10.2. The summed E-state index contributed by atoms with van der Waals surface area (Å²) in [6.07, 6.45) is 0. The second-order valence-corrected chi connectivity index (χ2v) is 7.76. The van der Waals surface area contributed by atoms with Gasteiger partial charge in [0.2, 0.25) is 0 Å². The van der Waals surface area contributed by atoms with Crippen LogP contribution in [-0.2, 0) is 11.3 Å². The Morgan fingerprint density at radius 1 is 1.04 bits per heavy atom. The van der Waals surface area contributed by atoms with Gasteiger partial charge in [-0.1, -0.05) is 29.3 Å². The third kappa shape index (κ3) is 5.28. The molecule has 1 fully saturated rings. The Labute approximate surface area is 169 Å². The van der Waals surface area contributed by atoms with Gasteiger partial charge in [0.15, 0.2) is 6.54 Å². The minimum Gasteiger partial charge on any atom is -0.508 e. The van der Waals surface area contributed by atoms with Gasteiger partial charge in [0.1, 0.15) is 12.3 Å². The van der Waals surface area contributed by atoms with Gasteiger partial charge in [-0.05, 0) is 36.4 Å². The summed E-state index contributed by atoms with van der Waals surface area (Å²) in [5, 5.41) is 10.5. The summed E-state index contributed by atoms with van der Waals surface area (Å²) in [6.45, 7) is 4.17. The van der Waals surface area contributed by atoms with Crippen LogP contribution in [0.15, 0.2) is 42.5 Å². The van der Waals surface area contributed by atoms with Gasteiger partial charge in [0.25, 0.3) is 5.91 Å². The van der Waals surface area contributed by atoms with E-state index < -0.39 is 0 Å². The minimum atomic E-state index is 0.165. The first-order valence-electron chi connectivity index (χ1n) is 8.99. The molecule has 2 N–H and O–H groups in total. The zero-order valence-electron chi connectivity index (χ0n) is 15.3. The Morgan fingerprint density at radius 2 is 1.70 bits per heavy atom. The molecule has 2 aromatic carbocycles. The normalized spacial score (nSPS) is 15.7. The number of quaternary nitrogens is 1. The molecule has 1 saturated heterocycles. The Morgan fingerprint density at radius 3 is 2.33 bits per heavy atom. The first kappa shape index (κ1) is 19.8. The number of amides is 1. The van der Waals surface area contributed by atoms with E-state index in [0.717, 1.165) is 35.8 Å². The Kier molecular flexibility index (Phi) is 6.47. The molecular formula is C20H24Cl2N3O2+. The van der Waals surface area contributed by atoms with Crippen LogP contribution in [0.2, 0.25) is 10.0 Å². The first-order valence-corrected chi connectivity index (χ1v) is 9.75. The Bertz CT molecular complexity index is 790. The number of carbonyl (C=O) groups is 1. The Hall–Kier alpha value is -1.95. The second kappa shape index (κ2) is 8.83. The quantitative estimate of drug-likeness (QED) is 0.795. The molecule has 2 aromatic rings. The zero-order valence-corrected chi connectivity index (χ0v) is 16.8. The highest BCUT2D eigenvalue weighted by molar-refractivity contribution is 6.42. The van der Waals surface area contributed by atoms with Gasteiger partial charge in [-0.25, -0.2) is 0 Å². The standard InChI is InChI=1S/C20H23Cl2N3O2/c1-23(13-15-2-7-18(21)19(22)12-15)14-20(27)25-10-8-24(9-11-25)16-3-5-17(26)6-4-16/h2-7,12,26H,8-11,13-14H2,1H3/p+1. The molecular weight excluding hydrogens is 385 g/mol. The number of carbonyl (C=O) groups excluding carboxylic acids is 1. The maximum Gasteiger partial charge on any atom is 0.277 e. The van der Waals surface area contributed by atoms with Crippen molar-refractivity contribution in [3.8, 4) is 5.75 Å². The number of rotatable bonds is 5. The van der Waals surface area contributed by atoms with Crippen LogP contribution < -0.4 is 9.80 Å². The summed E-state index contributed by atoms with van der Waals surface area (Å²) in [5.74, 6) is 0.429. The fourth-order valence-electron chi connectivity index (χ4n) is 3.31. The molecule has 0 saturated carbocycles. The van der Waals surface area contributed by atoms with E-state index in [1.165, 1.54) is 0 Å². The number of hydrogen-bond acceptors (Lipinski definition) is 3. The number of piperazine rings is 1. The van der Waals surface area contributed by atoms with Gasteiger partial charge in [-0.2, -0.15) is 0 Å². The van der Waals surface area contributed by atoms with E-state index in [1.54, 1.807) is 18.2 Å². The smallest absolute Gasteiger partial charge is 0.277 e. The van der Waals surface area contributed by atoms with E-state index in [-0.39, 0.29) is 11.7 Å². The van der Waals surface area contributed by atoms with Crippen molar-refractivity contribution in [3.05, 3.63) is 58.1 Å². The van der Waals surface area contributed by atoms with Crippen molar-refractivity contribution in [2.45, 2.75) is 6.54 Å². The van der Waals surface area contributed by atoms with Crippen molar-refractivity contribution in [2.75, 3.05) is 44.7 Å². The molecule has 0 bridgehead atoms. The number of aromatic hydroxyl groups is 1. The molecule has 1 unspecified atom stereocenters. The van der Waals surface area contributed by atoms with Gasteiger partial charge in [0, 0.05) is 37.4 Å². The van der Waals surface area contributed by atoms with E-state index in [9.17, 15) is 9.90 Å². The summed E-state index contributed by atoms with van der Waals surface area (Å²) in [5.41, 5.74) is 2.13. The van der Waals surface area contributed by atoms with Crippen molar-refractivity contribution in [1.82, 2.24) is 4.90 Å². The van der Waals surface area contributed by atoms with Crippen LogP contribution in [-0.4, -0.2) is 55.7 Å². The number of benzene rings is 2. The van der Waals surface area contributed by atoms with Crippen LogP contribution in [0.25, 0.3) is 0 Å². The Balaban J connectivity index is 1.48. The van der Waals surface area contributed by atoms with Crippen LogP contribution in [0.4, 0.5) is 5.69 Å². The number of anilines is 1. The van der Waals surface area contributed by atoms with Crippen LogP contribution in [0.1, 0.15) is 5.56 Å². The largest absolute Gasteiger partial charge is 0.508 e. The molecule has 0 aliphatic carbocycles. The second-order valence-electron chi connectivity index (χ2n) is 6.94. The highest BCUT2D eigenvalue weighted by atomic mass is 35.5. The lowest BCUT2D eigenvalue weighted by Gasteiger charge is -2.36. The number of likely N-dealkylation sites (N-methyl/N-ethyl adjacent to an activating group) is 1. The summed E-state index contributed by atoms with van der Waals surface area (Å²) in [4.78, 5) is 17.9. The third-order valence-corrected chi connectivity index (χ3v) is 5.53. The molecule has 1 atom stereocenters. The van der Waals surface area contributed by atoms with E-state index >= 15 is 0 Å². The summed E-state index contributed by atoms with van der Waals surface area (Å²) in [6, 6.07) is 12.8. The molecule has 0 spiro atoms. The highest BCUT2D eigenvalue weighted by Crippen LogP contribution is 2.22. The van der Waals surface area contributed by atoms with Crippen LogP contribution in [0.3, 0.4) is 0 Å². The first-order chi connectivity index (χ1) is 12.9. The van der Waals surface area contributed by atoms with Crippen LogP contribution in [0, 0.1) is 0 Å². The lowest BCUT2D eigenvalue weighted by Crippen LogP contribution is -3.09. The van der Waals surface area contributed by atoms with Crippen molar-refractivity contribution in [1.29, 1.82) is 0 Å². The summed E-state index contributed by atoms with van der Waals surface area (Å²) >= 11 is 12.0. The topological polar surface area (TPSA) is 48.2 Å². The predicted molar refractivity (Wildman–Crippen MR) is 109 cm³/mol. The molecule has 5 nitrogen and oxygen atoms in total. The zero-order chi connectivity index (χ0) is 19.4. The van der Waals surface area contributed by atoms with E-state index in [0.29, 0.717) is 29.7 Å². The number of hydrogen-bond donors (Lipinski definition) is 2. The molecule has 144 valence electrons. The average molecular weight is 409 g/mol. The summed E-state index contributed by atoms with van der Waals surface area (Å²) in [7, 11) is 2.01. The van der Waals surface area contributed by atoms with Crippen LogP contribution >= 0.6 is 23.2 Å². The maximum atomic E-state index is 12.6. The van der Waals surface area contributed by atoms with Crippen molar-refractivity contribution < 1.29 is 14.8 Å². The minimum absolute atomic E-state index is 0.165. The fourth-order valence-corrected chi connectivity index (χ4v) is 3.63. The number of halogens is 2. The molecule has 7 heteroatoms. The number of phenols is 1. The molecule has 1 aliphatic rings. The molecule has 0 radical (unpaired) electrons. The number of nitrogens with zero attached hydrogens (tertiary/aromatic N) is 2. The maximum absolute atomic E-state index is 12.6. The van der Waals surface area contributed by atoms with Gasteiger partial charge in [0.05, 0.1) is 17.1 Å². The lowest BCUT2D eigenvalue weighted by molar-refractivity contribution is -0.885. The van der Waals surface area contributed by atoms with E-state index in [1.807, 2.05) is 36.2 Å². The van der Waals surface area contributed by atoms with Crippen molar-refractivity contribution >= 4 is 34.8 Å². The van der Waals surface area contributed by atoms with E-state index in [2.05, 4.69) is 4.90 Å². The highest BCUT2D eigenvalue weighted by Gasteiger charge is 2.23. The molecule has 1 heterocycles. The third-order valence-electron chi connectivity index (χ3n) is 4.79. The monoisotopic (exact) mass is 408 g/mol. The van der Waals surface area contributed by atoms with E-state index in [4.69, 9.17) is 23.2 Å².